The quantitative estimate of drug-likeness (QED) is 0.628. The highest BCUT2D eigenvalue weighted by Crippen LogP contribution is 2.43. The highest BCUT2D eigenvalue weighted by molar-refractivity contribution is 8.14. The van der Waals surface area contributed by atoms with Gasteiger partial charge in [-0.2, -0.15) is 0 Å². The second kappa shape index (κ2) is 10.4. The third kappa shape index (κ3) is 6.05. The summed E-state index contributed by atoms with van der Waals surface area (Å²) in [5.74, 6) is 1.32. The van der Waals surface area contributed by atoms with Crippen molar-refractivity contribution in [1.29, 1.82) is 0 Å². The van der Waals surface area contributed by atoms with Crippen molar-refractivity contribution >= 4 is 40.3 Å². The molecule has 0 radical (unpaired) electrons. The molecule has 3 rings (SSSR count). The molecule has 2 aromatic carbocycles. The van der Waals surface area contributed by atoms with Crippen LogP contribution < -0.4 is 19.5 Å². The topological polar surface area (TPSA) is 89.5 Å². The Hall–Kier alpha value is -2.91. The highest BCUT2D eigenvalue weighted by Gasteiger charge is 2.34. The van der Waals surface area contributed by atoms with Crippen molar-refractivity contribution in [2.75, 3.05) is 20.3 Å². The lowest BCUT2D eigenvalue weighted by molar-refractivity contribution is -0.129. The summed E-state index contributed by atoms with van der Waals surface area (Å²) in [6.07, 6.45) is 0. The number of carbonyl (C=O) groups excluding carboxylic acids is 2. The number of hydrogen-bond donors (Lipinski definition) is 1. The van der Waals surface area contributed by atoms with E-state index in [1.807, 2.05) is 0 Å². The monoisotopic (exact) mass is 463 g/mol. The van der Waals surface area contributed by atoms with Crippen LogP contribution in [0.3, 0.4) is 0 Å². The fourth-order valence-corrected chi connectivity index (χ4v) is 4.07. The first kappa shape index (κ1) is 22.8. The molecular weight excluding hydrogens is 442 g/mol. The predicted octanol–water partition coefficient (Wildman–Crippen LogP) is 3.81. The standard InChI is InChI=1S/C21H22ClN3O5S/c1-13(26)23-21-24-25(14(2)27)20(31-21)18-12-17(28-3)8-9-19(18)30-11-10-29-16-6-4-15(22)5-7-16/h4-9,12,20H,10-11H2,1-3H3,(H,23,24,26)/t20-/m1/s1. The first-order chi connectivity index (χ1) is 14.9. The molecule has 1 heterocycles. The van der Waals surface area contributed by atoms with E-state index in [0.29, 0.717) is 39.6 Å². The fraction of sp³-hybridized carbons (Fsp3) is 0.286. The Morgan fingerprint density at radius 1 is 1.10 bits per heavy atom. The van der Waals surface area contributed by atoms with Crippen molar-refractivity contribution in [2.45, 2.75) is 19.2 Å². The van der Waals surface area contributed by atoms with Crippen LogP contribution in [0.5, 0.6) is 17.2 Å². The number of ether oxygens (including phenoxy) is 3. The van der Waals surface area contributed by atoms with E-state index in [1.54, 1.807) is 49.6 Å². The molecule has 0 saturated heterocycles. The lowest BCUT2D eigenvalue weighted by Crippen LogP contribution is -2.25. The van der Waals surface area contributed by atoms with Gasteiger partial charge in [-0.3, -0.25) is 9.59 Å². The minimum atomic E-state index is -0.512. The molecule has 164 valence electrons. The Balaban J connectivity index is 1.74. The first-order valence-electron chi connectivity index (χ1n) is 9.39. The number of halogens is 1. The lowest BCUT2D eigenvalue weighted by atomic mass is 10.1. The van der Waals surface area contributed by atoms with Gasteiger partial charge in [0.25, 0.3) is 0 Å². The number of amidine groups is 1. The number of carbonyl (C=O) groups is 2. The van der Waals surface area contributed by atoms with Crippen LogP contribution in [0.1, 0.15) is 24.8 Å². The van der Waals surface area contributed by atoms with Crippen molar-refractivity contribution in [3.8, 4) is 17.2 Å². The summed E-state index contributed by atoms with van der Waals surface area (Å²) in [4.78, 5) is 23.6. The number of thioether (sulfide) groups is 1. The zero-order valence-electron chi connectivity index (χ0n) is 17.3. The molecule has 0 unspecified atom stereocenters. The van der Waals surface area contributed by atoms with Gasteiger partial charge in [0.2, 0.25) is 11.8 Å². The van der Waals surface area contributed by atoms with E-state index in [9.17, 15) is 9.59 Å². The Morgan fingerprint density at radius 2 is 1.77 bits per heavy atom. The number of rotatable bonds is 7. The molecule has 0 aliphatic carbocycles. The minimum absolute atomic E-state index is 0.266. The van der Waals surface area contributed by atoms with Gasteiger partial charge in [-0.15, -0.1) is 5.10 Å². The fourth-order valence-electron chi connectivity index (χ4n) is 2.79. The Morgan fingerprint density at radius 3 is 2.42 bits per heavy atom. The number of hydrogen-bond acceptors (Lipinski definition) is 7. The minimum Gasteiger partial charge on any atom is -0.497 e. The van der Waals surface area contributed by atoms with Gasteiger partial charge < -0.3 is 19.5 Å². The van der Waals surface area contributed by atoms with Crippen LogP contribution in [-0.2, 0) is 9.59 Å². The number of methoxy groups -OCH3 is 1. The molecule has 1 aliphatic rings. The molecule has 0 spiro atoms. The second-order valence-corrected chi connectivity index (χ2v) is 7.98. The molecule has 2 amide bonds. The first-order valence-corrected chi connectivity index (χ1v) is 10.6. The number of hydrazone groups is 1. The largest absolute Gasteiger partial charge is 0.497 e. The van der Waals surface area contributed by atoms with Gasteiger partial charge in [0.1, 0.15) is 35.8 Å². The Bertz CT molecular complexity index is 983. The van der Waals surface area contributed by atoms with Crippen LogP contribution in [0.4, 0.5) is 0 Å². The summed E-state index contributed by atoms with van der Waals surface area (Å²) in [6, 6.07) is 12.4. The predicted molar refractivity (Wildman–Crippen MR) is 120 cm³/mol. The molecule has 0 aromatic heterocycles. The third-order valence-electron chi connectivity index (χ3n) is 4.16. The van der Waals surface area contributed by atoms with Crippen molar-refractivity contribution < 1.29 is 23.8 Å². The maximum Gasteiger partial charge on any atom is 0.241 e. The van der Waals surface area contributed by atoms with E-state index in [4.69, 9.17) is 25.8 Å². The molecule has 1 atom stereocenters. The van der Waals surface area contributed by atoms with E-state index in [0.717, 1.165) is 0 Å². The molecular formula is C21H22ClN3O5S. The SMILES string of the molecule is COc1ccc(OCCOc2ccc(Cl)cc2)c([C@H]2SC(NC(C)=O)=NN2C(C)=O)c1. The van der Waals surface area contributed by atoms with Crippen LogP contribution in [0.15, 0.2) is 47.6 Å². The smallest absolute Gasteiger partial charge is 0.241 e. The number of nitrogens with one attached hydrogen (secondary N) is 1. The Labute approximate surface area is 189 Å². The average molecular weight is 464 g/mol. The van der Waals surface area contributed by atoms with E-state index in [-0.39, 0.29) is 18.4 Å². The van der Waals surface area contributed by atoms with Gasteiger partial charge in [0.05, 0.1) is 7.11 Å². The van der Waals surface area contributed by atoms with Gasteiger partial charge in [0.15, 0.2) is 5.17 Å². The summed E-state index contributed by atoms with van der Waals surface area (Å²) >= 11 is 7.12. The maximum absolute atomic E-state index is 12.2. The molecule has 0 saturated carbocycles. The van der Waals surface area contributed by atoms with Crippen LogP contribution in [0.25, 0.3) is 0 Å². The average Bonchev–Trinajstić information content (AvgIpc) is 3.15. The molecule has 1 aliphatic heterocycles. The van der Waals surface area contributed by atoms with Gasteiger partial charge in [-0.05, 0) is 42.5 Å². The van der Waals surface area contributed by atoms with Crippen LogP contribution >= 0.6 is 23.4 Å². The van der Waals surface area contributed by atoms with E-state index in [2.05, 4.69) is 10.4 Å². The molecule has 8 nitrogen and oxygen atoms in total. The van der Waals surface area contributed by atoms with Crippen molar-refractivity contribution in [3.63, 3.8) is 0 Å². The summed E-state index contributed by atoms with van der Waals surface area (Å²) in [6.45, 7) is 3.39. The van der Waals surface area contributed by atoms with Crippen LogP contribution in [0, 0.1) is 0 Å². The normalized spacial score (nSPS) is 15.3. The number of benzene rings is 2. The number of nitrogens with zero attached hydrogens (tertiary/aromatic N) is 2. The molecule has 0 fully saturated rings. The zero-order chi connectivity index (χ0) is 22.4. The molecule has 2 aromatic rings. The maximum atomic E-state index is 12.2. The third-order valence-corrected chi connectivity index (χ3v) is 5.49. The zero-order valence-corrected chi connectivity index (χ0v) is 18.8. The van der Waals surface area contributed by atoms with E-state index < -0.39 is 5.37 Å². The van der Waals surface area contributed by atoms with Gasteiger partial charge in [-0.1, -0.05) is 23.4 Å². The molecule has 10 heteroatoms. The highest BCUT2D eigenvalue weighted by atomic mass is 35.5. The Kier molecular flexibility index (Phi) is 7.64. The van der Waals surface area contributed by atoms with E-state index in [1.165, 1.54) is 30.6 Å². The second-order valence-electron chi connectivity index (χ2n) is 6.47. The van der Waals surface area contributed by atoms with Crippen LogP contribution in [-0.4, -0.2) is 42.3 Å². The summed E-state index contributed by atoms with van der Waals surface area (Å²) in [5, 5.41) is 8.62. The summed E-state index contributed by atoms with van der Waals surface area (Å²) in [7, 11) is 1.56. The summed E-state index contributed by atoms with van der Waals surface area (Å²) in [5.41, 5.74) is 0.690. The summed E-state index contributed by atoms with van der Waals surface area (Å²) < 4.78 is 16.9. The molecule has 31 heavy (non-hydrogen) atoms. The lowest BCUT2D eigenvalue weighted by Gasteiger charge is -2.22. The van der Waals surface area contributed by atoms with Crippen LogP contribution in [0.2, 0.25) is 5.02 Å². The van der Waals surface area contributed by atoms with Gasteiger partial charge >= 0.3 is 0 Å². The van der Waals surface area contributed by atoms with Crippen molar-refractivity contribution in [3.05, 3.63) is 53.1 Å². The number of amides is 2. The molecule has 0 bridgehead atoms. The van der Waals surface area contributed by atoms with Crippen molar-refractivity contribution in [1.82, 2.24) is 10.3 Å². The van der Waals surface area contributed by atoms with Crippen molar-refractivity contribution in [2.24, 2.45) is 5.10 Å². The van der Waals surface area contributed by atoms with Gasteiger partial charge in [0, 0.05) is 24.4 Å². The molecule has 1 N–H and O–H groups in total. The van der Waals surface area contributed by atoms with Gasteiger partial charge in [-0.25, -0.2) is 5.01 Å². The van der Waals surface area contributed by atoms with E-state index >= 15 is 0 Å².